The van der Waals surface area contributed by atoms with E-state index in [-0.39, 0.29) is 6.42 Å². The molecule has 36 heavy (non-hydrogen) atoms. The summed E-state index contributed by atoms with van der Waals surface area (Å²) in [7, 11) is 0. The zero-order valence-electron chi connectivity index (χ0n) is 19.1. The molecule has 0 aromatic rings. The molecule has 15 atom stereocenters. The molecule has 3 aliphatic heterocycles. The van der Waals surface area contributed by atoms with Crippen LogP contribution in [0.15, 0.2) is 12.3 Å². The molecule has 2 saturated heterocycles. The van der Waals surface area contributed by atoms with Gasteiger partial charge in [-0.1, -0.05) is 0 Å². The first-order chi connectivity index (χ1) is 17.1. The minimum absolute atomic E-state index is 0.0270. The third kappa shape index (κ3) is 4.67. The van der Waals surface area contributed by atoms with Crippen molar-refractivity contribution in [2.45, 2.75) is 85.8 Å². The Balaban J connectivity index is 1.60. The molecule has 4 aliphatic rings. The summed E-state index contributed by atoms with van der Waals surface area (Å²) < 4.78 is 28.1. The van der Waals surface area contributed by atoms with Crippen LogP contribution in [0.25, 0.3) is 0 Å². The zero-order chi connectivity index (χ0) is 26.4. The Kier molecular flexibility index (Phi) is 8.55. The van der Waals surface area contributed by atoms with E-state index in [2.05, 4.69) is 0 Å². The normalized spacial score (nSPS) is 53.2. The van der Waals surface area contributed by atoms with Gasteiger partial charge >= 0.3 is 0 Å². The predicted molar refractivity (Wildman–Crippen MR) is 111 cm³/mol. The molecule has 0 bridgehead atoms. The van der Waals surface area contributed by atoms with Crippen molar-refractivity contribution in [3.8, 4) is 0 Å². The van der Waals surface area contributed by atoms with E-state index in [1.807, 2.05) is 0 Å². The second kappa shape index (κ2) is 11.0. The Hall–Kier alpha value is -1.02. The molecular formula is C21H34O15. The molecule has 0 spiro atoms. The van der Waals surface area contributed by atoms with Gasteiger partial charge in [-0.25, -0.2) is 0 Å². The summed E-state index contributed by atoms with van der Waals surface area (Å²) in [6, 6.07) is 0. The van der Waals surface area contributed by atoms with Crippen LogP contribution in [0.5, 0.6) is 0 Å². The molecule has 0 radical (unpaired) electrons. The SMILES string of the molecule is OCC1CC(O)C2(O[C@@H]3O[C@H](CO)[C@@H](O)[C@H](O)[C@H]3O)C=COC(O[C@@H]3O[C@H](CO)[C@@H](O)[C@H](O)[C@H]3O)C12. The molecule has 0 aromatic heterocycles. The highest BCUT2D eigenvalue weighted by molar-refractivity contribution is 5.19. The number of aliphatic hydroxyl groups is 10. The van der Waals surface area contributed by atoms with Crippen molar-refractivity contribution in [2.24, 2.45) is 11.8 Å². The first kappa shape index (κ1) is 28.0. The lowest BCUT2D eigenvalue weighted by Gasteiger charge is -2.48. The average Bonchev–Trinajstić information content (AvgIpc) is 3.16. The van der Waals surface area contributed by atoms with Crippen molar-refractivity contribution < 1.29 is 74.7 Å². The molecule has 1 aliphatic carbocycles. The zero-order valence-corrected chi connectivity index (χ0v) is 19.1. The standard InChI is InChI=1S/C21H34O15/c22-4-7-3-10(25)21(36-20-17(31)15(29)13(27)9(6-24)34-20)1-2-32-18(11(7)21)35-19-16(30)14(28)12(26)8(5-23)33-19/h1-2,7-20,22-31H,3-6H2/t7?,8-,9-,10?,11?,12-,13-,14+,15+,16-,17-,18?,19+,20+,21?/m1/s1. The van der Waals surface area contributed by atoms with Crippen molar-refractivity contribution in [1.29, 1.82) is 0 Å². The lowest BCUT2D eigenvalue weighted by molar-refractivity contribution is -0.366. The minimum Gasteiger partial charge on any atom is -0.472 e. The Morgan fingerprint density at radius 2 is 1.25 bits per heavy atom. The highest BCUT2D eigenvalue weighted by Crippen LogP contribution is 2.50. The van der Waals surface area contributed by atoms with E-state index in [4.69, 9.17) is 23.7 Å². The van der Waals surface area contributed by atoms with E-state index >= 15 is 0 Å². The lowest BCUT2D eigenvalue weighted by atomic mass is 9.82. The highest BCUT2D eigenvalue weighted by Gasteiger charge is 2.63. The molecule has 5 unspecified atom stereocenters. The van der Waals surface area contributed by atoms with Gasteiger partial charge in [-0.15, -0.1) is 0 Å². The van der Waals surface area contributed by atoms with Crippen molar-refractivity contribution >= 4 is 0 Å². The number of hydrogen-bond donors (Lipinski definition) is 10. The summed E-state index contributed by atoms with van der Waals surface area (Å²) in [5, 5.41) is 101. The van der Waals surface area contributed by atoms with Gasteiger partial charge in [0, 0.05) is 6.61 Å². The quantitative estimate of drug-likeness (QED) is 0.148. The Morgan fingerprint density at radius 3 is 1.81 bits per heavy atom. The molecule has 10 N–H and O–H groups in total. The predicted octanol–water partition coefficient (Wildman–Crippen LogP) is -5.78. The van der Waals surface area contributed by atoms with Crippen LogP contribution < -0.4 is 0 Å². The Bertz CT molecular complexity index is 766. The van der Waals surface area contributed by atoms with Crippen LogP contribution in [0.1, 0.15) is 6.42 Å². The summed E-state index contributed by atoms with van der Waals surface area (Å²) in [6.45, 7) is -1.86. The van der Waals surface area contributed by atoms with Crippen molar-refractivity contribution in [1.82, 2.24) is 0 Å². The Labute approximate surface area is 205 Å². The number of ether oxygens (including phenoxy) is 5. The van der Waals surface area contributed by atoms with Gasteiger partial charge in [0.15, 0.2) is 12.6 Å². The van der Waals surface area contributed by atoms with E-state index in [0.717, 1.165) is 6.26 Å². The van der Waals surface area contributed by atoms with Crippen molar-refractivity contribution in [2.75, 3.05) is 19.8 Å². The third-order valence-electron chi connectivity index (χ3n) is 7.43. The van der Waals surface area contributed by atoms with Gasteiger partial charge in [-0.05, 0) is 18.4 Å². The van der Waals surface area contributed by atoms with Gasteiger partial charge in [0.2, 0.25) is 6.29 Å². The van der Waals surface area contributed by atoms with Gasteiger partial charge in [0.25, 0.3) is 0 Å². The summed E-state index contributed by atoms with van der Waals surface area (Å²) in [4.78, 5) is 0. The van der Waals surface area contributed by atoms with Crippen LogP contribution in [0.2, 0.25) is 0 Å². The van der Waals surface area contributed by atoms with Crippen LogP contribution in [0.3, 0.4) is 0 Å². The van der Waals surface area contributed by atoms with E-state index in [1.165, 1.54) is 6.08 Å². The molecule has 15 heteroatoms. The molecule has 1 saturated carbocycles. The maximum atomic E-state index is 11.0. The number of aliphatic hydroxyl groups excluding tert-OH is 10. The van der Waals surface area contributed by atoms with Gasteiger partial charge in [0.05, 0.1) is 31.5 Å². The van der Waals surface area contributed by atoms with Crippen molar-refractivity contribution in [3.05, 3.63) is 12.3 Å². The maximum absolute atomic E-state index is 11.0. The average molecular weight is 526 g/mol. The molecule has 3 heterocycles. The minimum atomic E-state index is -1.78. The van der Waals surface area contributed by atoms with E-state index in [0.29, 0.717) is 0 Å². The largest absolute Gasteiger partial charge is 0.472 e. The summed E-state index contributed by atoms with van der Waals surface area (Å²) in [5.41, 5.74) is -1.74. The summed E-state index contributed by atoms with van der Waals surface area (Å²) in [5.74, 6) is -1.74. The molecular weight excluding hydrogens is 492 g/mol. The molecule has 0 amide bonds. The highest BCUT2D eigenvalue weighted by atomic mass is 16.8. The van der Waals surface area contributed by atoms with E-state index in [9.17, 15) is 51.1 Å². The van der Waals surface area contributed by atoms with Crippen LogP contribution in [0, 0.1) is 11.8 Å². The van der Waals surface area contributed by atoms with Crippen LogP contribution in [0.4, 0.5) is 0 Å². The lowest BCUT2D eigenvalue weighted by Crippen LogP contribution is -2.64. The van der Waals surface area contributed by atoms with E-state index in [1.54, 1.807) is 0 Å². The first-order valence-electron chi connectivity index (χ1n) is 11.7. The number of fused-ring (bicyclic) bond motifs is 1. The monoisotopic (exact) mass is 526 g/mol. The van der Waals surface area contributed by atoms with Crippen molar-refractivity contribution in [3.63, 3.8) is 0 Å². The van der Waals surface area contributed by atoms with Gasteiger partial charge in [-0.2, -0.15) is 0 Å². The third-order valence-corrected chi connectivity index (χ3v) is 7.43. The van der Waals surface area contributed by atoms with Gasteiger partial charge in [-0.3, -0.25) is 0 Å². The molecule has 208 valence electrons. The summed E-state index contributed by atoms with van der Waals surface area (Å²) >= 11 is 0. The number of hydrogen-bond acceptors (Lipinski definition) is 15. The maximum Gasteiger partial charge on any atom is 0.208 e. The molecule has 3 fully saturated rings. The van der Waals surface area contributed by atoms with Crippen LogP contribution in [-0.4, -0.2) is 150 Å². The summed E-state index contributed by atoms with van der Waals surface area (Å²) in [6.07, 6.45) is -16.3. The molecule has 15 nitrogen and oxygen atoms in total. The molecule has 0 aromatic carbocycles. The fraction of sp³-hybridized carbons (Fsp3) is 0.905. The second-order valence-corrected chi connectivity index (χ2v) is 9.53. The smallest absolute Gasteiger partial charge is 0.208 e. The van der Waals surface area contributed by atoms with E-state index < -0.39 is 111 Å². The fourth-order valence-electron chi connectivity index (χ4n) is 5.35. The fourth-order valence-corrected chi connectivity index (χ4v) is 5.35. The second-order valence-electron chi connectivity index (χ2n) is 9.53. The molecule has 4 rings (SSSR count). The van der Waals surface area contributed by atoms with Gasteiger partial charge < -0.3 is 74.7 Å². The van der Waals surface area contributed by atoms with Gasteiger partial charge in [0.1, 0.15) is 54.4 Å². The Morgan fingerprint density at radius 1 is 0.694 bits per heavy atom. The van der Waals surface area contributed by atoms with Crippen LogP contribution >= 0.6 is 0 Å². The topological polar surface area (TPSA) is 248 Å². The first-order valence-corrected chi connectivity index (χ1v) is 11.7. The number of rotatable bonds is 7. The van der Waals surface area contributed by atoms with Crippen LogP contribution in [-0.2, 0) is 23.7 Å².